The summed E-state index contributed by atoms with van der Waals surface area (Å²) in [6.07, 6.45) is 4.35. The Bertz CT molecular complexity index is 1200. The molecule has 1 heterocycles. The number of benzene rings is 2. The van der Waals surface area contributed by atoms with Gasteiger partial charge in [0.2, 0.25) is 5.89 Å². The van der Waals surface area contributed by atoms with Crippen LogP contribution in [0.4, 0.5) is 6.01 Å². The van der Waals surface area contributed by atoms with Crippen molar-refractivity contribution in [3.8, 4) is 11.5 Å². The number of nitrogens with zero attached hydrogens (tertiary/aromatic N) is 2. The minimum atomic E-state index is -3.42. The van der Waals surface area contributed by atoms with E-state index in [0.717, 1.165) is 19.3 Å². The first-order valence-electron chi connectivity index (χ1n) is 9.95. The molecule has 30 heavy (non-hydrogen) atoms. The van der Waals surface area contributed by atoms with Crippen LogP contribution in [0.3, 0.4) is 0 Å². The molecule has 1 aromatic heterocycles. The second-order valence-corrected chi connectivity index (χ2v) is 10.2. The number of amides is 1. The van der Waals surface area contributed by atoms with Crippen molar-refractivity contribution in [2.45, 2.75) is 49.7 Å². The Balaban J connectivity index is 1.53. The fourth-order valence-corrected chi connectivity index (χ4v) is 4.62. The molecule has 0 unspecified atom stereocenters. The monoisotopic (exact) mass is 425 g/mol. The molecule has 1 amide bonds. The van der Waals surface area contributed by atoms with Gasteiger partial charge in [0.15, 0.2) is 9.84 Å². The molecular formula is C22H23N3O4S. The van der Waals surface area contributed by atoms with Gasteiger partial charge in [-0.3, -0.25) is 10.1 Å². The van der Waals surface area contributed by atoms with Gasteiger partial charge in [-0.05, 0) is 81.0 Å². The van der Waals surface area contributed by atoms with Crippen molar-refractivity contribution < 1.29 is 17.6 Å². The SMILES string of the molecule is CC(C)S(=O)(=O)c1cccc(-c2nnc(NC(=O)c3ccc4c(c3)CCCC4)o2)c1. The van der Waals surface area contributed by atoms with Gasteiger partial charge >= 0.3 is 6.01 Å². The lowest BCUT2D eigenvalue weighted by Crippen LogP contribution is -2.14. The highest BCUT2D eigenvalue weighted by Gasteiger charge is 2.21. The van der Waals surface area contributed by atoms with Crippen LogP contribution < -0.4 is 5.32 Å². The molecule has 1 aliphatic rings. The second-order valence-electron chi connectivity index (χ2n) is 7.68. The molecule has 4 rings (SSSR count). The molecule has 0 fully saturated rings. The molecule has 7 nitrogen and oxygen atoms in total. The van der Waals surface area contributed by atoms with E-state index in [1.807, 2.05) is 12.1 Å². The molecule has 0 atom stereocenters. The molecule has 0 bridgehead atoms. The van der Waals surface area contributed by atoms with E-state index in [-0.39, 0.29) is 22.7 Å². The van der Waals surface area contributed by atoms with Crippen LogP contribution in [-0.2, 0) is 22.7 Å². The Morgan fingerprint density at radius 2 is 1.80 bits per heavy atom. The number of carbonyl (C=O) groups is 1. The first kappa shape index (κ1) is 20.3. The van der Waals surface area contributed by atoms with Gasteiger partial charge in [0, 0.05) is 11.1 Å². The number of nitrogens with one attached hydrogen (secondary N) is 1. The summed E-state index contributed by atoms with van der Waals surface area (Å²) in [7, 11) is -3.42. The van der Waals surface area contributed by atoms with Crippen LogP contribution in [0.15, 0.2) is 51.8 Å². The van der Waals surface area contributed by atoms with Crippen molar-refractivity contribution in [1.29, 1.82) is 0 Å². The molecule has 2 aromatic carbocycles. The topological polar surface area (TPSA) is 102 Å². The molecule has 1 N–H and O–H groups in total. The Hall–Kier alpha value is -3.00. The second kappa shape index (κ2) is 8.02. The van der Waals surface area contributed by atoms with Gasteiger partial charge in [0.25, 0.3) is 5.91 Å². The third-order valence-electron chi connectivity index (χ3n) is 5.29. The van der Waals surface area contributed by atoms with Gasteiger partial charge in [0.1, 0.15) is 0 Å². The molecule has 0 saturated heterocycles. The van der Waals surface area contributed by atoms with Crippen LogP contribution in [0.5, 0.6) is 0 Å². The number of fused-ring (bicyclic) bond motifs is 1. The minimum absolute atomic E-state index is 0.0372. The predicted octanol–water partition coefficient (Wildman–Crippen LogP) is 4.05. The number of rotatable bonds is 5. The summed E-state index contributed by atoms with van der Waals surface area (Å²) in [5, 5.41) is 9.90. The largest absolute Gasteiger partial charge is 0.403 e. The van der Waals surface area contributed by atoms with Crippen molar-refractivity contribution in [2.75, 3.05) is 5.32 Å². The van der Waals surface area contributed by atoms with Crippen molar-refractivity contribution in [2.24, 2.45) is 0 Å². The van der Waals surface area contributed by atoms with Gasteiger partial charge in [-0.15, -0.1) is 5.10 Å². The molecular weight excluding hydrogens is 402 g/mol. The summed E-state index contributed by atoms with van der Waals surface area (Å²) in [6.45, 7) is 3.26. The lowest BCUT2D eigenvalue weighted by atomic mass is 9.90. The van der Waals surface area contributed by atoms with Crippen LogP contribution in [0, 0.1) is 0 Å². The van der Waals surface area contributed by atoms with Crippen LogP contribution in [0.2, 0.25) is 0 Å². The van der Waals surface area contributed by atoms with E-state index >= 15 is 0 Å². The zero-order valence-electron chi connectivity index (χ0n) is 16.9. The zero-order chi connectivity index (χ0) is 21.3. The van der Waals surface area contributed by atoms with Gasteiger partial charge in [0.05, 0.1) is 10.1 Å². The highest BCUT2D eigenvalue weighted by atomic mass is 32.2. The maximum absolute atomic E-state index is 12.6. The average molecular weight is 426 g/mol. The van der Waals surface area contributed by atoms with Crippen LogP contribution in [0.25, 0.3) is 11.5 Å². The summed E-state index contributed by atoms with van der Waals surface area (Å²) >= 11 is 0. The molecule has 156 valence electrons. The number of aromatic nitrogens is 2. The Morgan fingerprint density at radius 3 is 2.57 bits per heavy atom. The van der Waals surface area contributed by atoms with E-state index in [4.69, 9.17) is 4.42 Å². The molecule has 0 radical (unpaired) electrons. The van der Waals surface area contributed by atoms with Gasteiger partial charge in [-0.25, -0.2) is 8.42 Å². The fourth-order valence-electron chi connectivity index (χ4n) is 3.51. The van der Waals surface area contributed by atoms with Crippen LogP contribution >= 0.6 is 0 Å². The number of aryl methyl sites for hydroxylation is 2. The summed E-state index contributed by atoms with van der Waals surface area (Å²) in [5.41, 5.74) is 3.52. The fraction of sp³-hybridized carbons (Fsp3) is 0.318. The Kier molecular flexibility index (Phi) is 5.42. The van der Waals surface area contributed by atoms with E-state index in [1.165, 1.54) is 29.7 Å². The number of hydrogen-bond donors (Lipinski definition) is 1. The van der Waals surface area contributed by atoms with E-state index in [9.17, 15) is 13.2 Å². The standard InChI is InChI=1S/C22H23N3O4S/c1-14(2)30(27,28)19-9-5-8-18(13-19)21-24-25-22(29-21)23-20(26)17-11-10-15-6-3-4-7-16(15)12-17/h5,8-14H,3-4,6-7H2,1-2H3,(H,23,25,26). The Labute approximate surface area is 175 Å². The van der Waals surface area contributed by atoms with Crippen LogP contribution in [0.1, 0.15) is 48.2 Å². The van der Waals surface area contributed by atoms with Crippen LogP contribution in [-0.4, -0.2) is 29.8 Å². The maximum Gasteiger partial charge on any atom is 0.322 e. The van der Waals surface area contributed by atoms with Crippen molar-refractivity contribution >= 4 is 21.8 Å². The van der Waals surface area contributed by atoms with Gasteiger partial charge < -0.3 is 4.42 Å². The summed E-state index contributed by atoms with van der Waals surface area (Å²) < 4.78 is 30.4. The molecule has 8 heteroatoms. The first-order valence-corrected chi connectivity index (χ1v) is 11.5. The lowest BCUT2D eigenvalue weighted by Gasteiger charge is -2.16. The number of hydrogen-bond acceptors (Lipinski definition) is 6. The van der Waals surface area contributed by atoms with Gasteiger partial charge in [-0.1, -0.05) is 17.2 Å². The summed E-state index contributed by atoms with van der Waals surface area (Å²) in [6, 6.07) is 12.0. The minimum Gasteiger partial charge on any atom is -0.403 e. The zero-order valence-corrected chi connectivity index (χ0v) is 17.7. The predicted molar refractivity (Wildman–Crippen MR) is 113 cm³/mol. The third kappa shape index (κ3) is 4.00. The molecule has 0 saturated carbocycles. The van der Waals surface area contributed by atoms with E-state index in [0.29, 0.717) is 11.1 Å². The van der Waals surface area contributed by atoms with Gasteiger partial charge in [-0.2, -0.15) is 0 Å². The molecule has 3 aromatic rings. The van der Waals surface area contributed by atoms with E-state index in [1.54, 1.807) is 32.0 Å². The summed E-state index contributed by atoms with van der Waals surface area (Å²) in [5.74, 6) is -0.189. The number of anilines is 1. The average Bonchev–Trinajstić information content (AvgIpc) is 3.22. The highest BCUT2D eigenvalue weighted by Crippen LogP contribution is 2.26. The Morgan fingerprint density at radius 1 is 1.03 bits per heavy atom. The quantitative estimate of drug-likeness (QED) is 0.662. The molecule has 0 spiro atoms. The normalized spacial score (nSPS) is 13.8. The van der Waals surface area contributed by atoms with E-state index < -0.39 is 15.1 Å². The first-order chi connectivity index (χ1) is 14.3. The molecule has 0 aliphatic heterocycles. The van der Waals surface area contributed by atoms with E-state index in [2.05, 4.69) is 15.5 Å². The molecule has 1 aliphatic carbocycles. The van der Waals surface area contributed by atoms with Crippen molar-refractivity contribution in [3.05, 3.63) is 59.2 Å². The highest BCUT2D eigenvalue weighted by molar-refractivity contribution is 7.92. The van der Waals surface area contributed by atoms with Crippen molar-refractivity contribution in [1.82, 2.24) is 10.2 Å². The number of sulfone groups is 1. The van der Waals surface area contributed by atoms with Crippen molar-refractivity contribution in [3.63, 3.8) is 0 Å². The maximum atomic E-state index is 12.6. The third-order valence-corrected chi connectivity index (χ3v) is 7.44. The smallest absolute Gasteiger partial charge is 0.322 e. The summed E-state index contributed by atoms with van der Waals surface area (Å²) in [4.78, 5) is 12.8. The lowest BCUT2D eigenvalue weighted by molar-refractivity contribution is 0.102. The number of carbonyl (C=O) groups excluding carboxylic acids is 1.